The molecule has 0 unspecified atom stereocenters. The number of amides is 2. The number of carbonyl (C=O) groups is 2. The zero-order valence-electron chi connectivity index (χ0n) is 26.8. The van der Waals surface area contributed by atoms with Gasteiger partial charge in [-0.3, -0.25) is 4.79 Å². The van der Waals surface area contributed by atoms with Gasteiger partial charge in [0, 0.05) is 18.7 Å². The Bertz CT molecular complexity index is 1640. The standard InChI is InChI=1S/C34H39N7O4/c1-20(2)14-28(39-33(43)45-34(5,6)7)31(42)41-13-12-27-26(19-41)30(44-29-21(3)15-24(18-36)16-22(29)4)40-32(38-27)37-25-10-8-23(17-35)9-11-25/h8-11,15-16,20,28H,12-14,19H2,1-7H3,(H,39,43)(H,37,38,40)/t28-/m0/s1. The maximum absolute atomic E-state index is 13.9. The molecule has 2 aromatic carbocycles. The Morgan fingerprint density at radius 2 is 1.67 bits per heavy atom. The lowest BCUT2D eigenvalue weighted by Crippen LogP contribution is -2.51. The number of fused-ring (bicyclic) bond motifs is 1. The van der Waals surface area contributed by atoms with Crippen molar-refractivity contribution in [3.05, 3.63) is 69.9 Å². The topological polar surface area (TPSA) is 153 Å². The molecule has 0 aliphatic carbocycles. The van der Waals surface area contributed by atoms with Gasteiger partial charge in [0.1, 0.15) is 17.4 Å². The second-order valence-corrected chi connectivity index (χ2v) is 12.6. The van der Waals surface area contributed by atoms with E-state index in [0.717, 1.165) is 16.8 Å². The minimum absolute atomic E-state index is 0.145. The fourth-order valence-corrected chi connectivity index (χ4v) is 5.11. The van der Waals surface area contributed by atoms with Crippen molar-refractivity contribution in [3.63, 3.8) is 0 Å². The second-order valence-electron chi connectivity index (χ2n) is 12.6. The van der Waals surface area contributed by atoms with Gasteiger partial charge in [-0.05, 0) is 94.5 Å². The number of aromatic nitrogens is 2. The van der Waals surface area contributed by atoms with Crippen LogP contribution in [0.5, 0.6) is 11.6 Å². The Morgan fingerprint density at radius 1 is 1.02 bits per heavy atom. The van der Waals surface area contributed by atoms with E-state index in [9.17, 15) is 14.9 Å². The molecule has 0 bridgehead atoms. The summed E-state index contributed by atoms with van der Waals surface area (Å²) in [7, 11) is 0. The summed E-state index contributed by atoms with van der Waals surface area (Å²) in [4.78, 5) is 37.7. The summed E-state index contributed by atoms with van der Waals surface area (Å²) in [5, 5.41) is 24.5. The smallest absolute Gasteiger partial charge is 0.408 e. The summed E-state index contributed by atoms with van der Waals surface area (Å²) in [6.07, 6.45) is 0.239. The third-order valence-corrected chi connectivity index (χ3v) is 7.09. The molecule has 3 aromatic rings. The van der Waals surface area contributed by atoms with Crippen LogP contribution >= 0.6 is 0 Å². The number of hydrogen-bond acceptors (Lipinski definition) is 9. The number of benzene rings is 2. The lowest BCUT2D eigenvalue weighted by atomic mass is 10.0. The number of anilines is 2. The zero-order chi connectivity index (χ0) is 32.9. The number of nitriles is 2. The van der Waals surface area contributed by atoms with Gasteiger partial charge in [0.15, 0.2) is 0 Å². The van der Waals surface area contributed by atoms with Crippen LogP contribution in [0.3, 0.4) is 0 Å². The van der Waals surface area contributed by atoms with Crippen molar-refractivity contribution in [3.8, 4) is 23.8 Å². The van der Waals surface area contributed by atoms with Crippen LogP contribution in [0, 0.1) is 42.4 Å². The van der Waals surface area contributed by atoms with Gasteiger partial charge in [0.2, 0.25) is 17.7 Å². The van der Waals surface area contributed by atoms with Crippen molar-refractivity contribution in [1.29, 1.82) is 10.5 Å². The van der Waals surface area contributed by atoms with Crippen molar-refractivity contribution < 1.29 is 19.1 Å². The Morgan fingerprint density at radius 3 is 2.24 bits per heavy atom. The normalized spacial score (nSPS) is 13.2. The maximum atomic E-state index is 13.9. The number of aryl methyl sites for hydroxylation is 2. The van der Waals surface area contributed by atoms with Crippen LogP contribution in [0.25, 0.3) is 0 Å². The molecule has 1 aliphatic rings. The van der Waals surface area contributed by atoms with Crippen LogP contribution in [-0.2, 0) is 22.5 Å². The number of nitrogens with one attached hydrogen (secondary N) is 2. The highest BCUT2D eigenvalue weighted by Crippen LogP contribution is 2.35. The summed E-state index contributed by atoms with van der Waals surface area (Å²) >= 11 is 0. The number of hydrogen-bond donors (Lipinski definition) is 2. The molecule has 2 heterocycles. The highest BCUT2D eigenvalue weighted by Gasteiger charge is 2.33. The van der Waals surface area contributed by atoms with E-state index in [-0.39, 0.29) is 24.2 Å². The minimum atomic E-state index is -0.771. The maximum Gasteiger partial charge on any atom is 0.408 e. The van der Waals surface area contributed by atoms with Gasteiger partial charge in [-0.25, -0.2) is 9.78 Å². The highest BCUT2D eigenvalue weighted by molar-refractivity contribution is 5.86. The number of nitrogens with zero attached hydrogens (tertiary/aromatic N) is 5. The van der Waals surface area contributed by atoms with E-state index in [2.05, 4.69) is 22.8 Å². The molecule has 0 saturated heterocycles. The van der Waals surface area contributed by atoms with Crippen LogP contribution in [0.15, 0.2) is 36.4 Å². The molecule has 1 aliphatic heterocycles. The molecule has 1 atom stereocenters. The van der Waals surface area contributed by atoms with Crippen LogP contribution in [-0.4, -0.2) is 45.1 Å². The van der Waals surface area contributed by atoms with Crippen molar-refractivity contribution in [2.75, 3.05) is 11.9 Å². The predicted molar refractivity (Wildman–Crippen MR) is 169 cm³/mol. The van der Waals surface area contributed by atoms with E-state index in [0.29, 0.717) is 53.5 Å². The number of rotatable bonds is 8. The Labute approximate surface area is 264 Å². The molecule has 0 spiro atoms. The molecule has 234 valence electrons. The Kier molecular flexibility index (Phi) is 9.93. The Hall–Kier alpha value is -5.16. The van der Waals surface area contributed by atoms with Crippen molar-refractivity contribution in [2.24, 2.45) is 5.92 Å². The second kappa shape index (κ2) is 13.6. The first-order valence-corrected chi connectivity index (χ1v) is 14.9. The largest absolute Gasteiger partial charge is 0.444 e. The van der Waals surface area contributed by atoms with Crippen molar-refractivity contribution in [2.45, 2.75) is 79.5 Å². The molecule has 0 fully saturated rings. The molecular formula is C34H39N7O4. The van der Waals surface area contributed by atoms with Crippen molar-refractivity contribution >= 4 is 23.6 Å². The summed E-state index contributed by atoms with van der Waals surface area (Å²) in [5.41, 5.74) is 3.97. The molecule has 0 saturated carbocycles. The fourth-order valence-electron chi connectivity index (χ4n) is 5.11. The summed E-state index contributed by atoms with van der Waals surface area (Å²) in [6, 6.07) is 13.9. The van der Waals surface area contributed by atoms with Gasteiger partial charge in [-0.1, -0.05) is 13.8 Å². The molecule has 4 rings (SSSR count). The molecule has 11 nitrogen and oxygen atoms in total. The first-order valence-electron chi connectivity index (χ1n) is 14.9. The molecule has 2 N–H and O–H groups in total. The third-order valence-electron chi connectivity index (χ3n) is 7.09. The lowest BCUT2D eigenvalue weighted by molar-refractivity contribution is -0.134. The molecule has 11 heteroatoms. The monoisotopic (exact) mass is 609 g/mol. The van der Waals surface area contributed by atoms with Gasteiger partial charge in [-0.2, -0.15) is 15.5 Å². The van der Waals surface area contributed by atoms with Gasteiger partial charge in [0.25, 0.3) is 0 Å². The van der Waals surface area contributed by atoms with Crippen LogP contribution < -0.4 is 15.4 Å². The van der Waals surface area contributed by atoms with Crippen LogP contribution in [0.4, 0.5) is 16.4 Å². The van der Waals surface area contributed by atoms with E-state index in [4.69, 9.17) is 24.7 Å². The zero-order valence-corrected chi connectivity index (χ0v) is 26.8. The average Bonchev–Trinajstić information content (AvgIpc) is 2.97. The average molecular weight is 610 g/mol. The lowest BCUT2D eigenvalue weighted by Gasteiger charge is -2.33. The summed E-state index contributed by atoms with van der Waals surface area (Å²) in [5.74, 6) is 1.07. The van der Waals surface area contributed by atoms with E-state index >= 15 is 0 Å². The molecule has 1 aromatic heterocycles. The predicted octanol–water partition coefficient (Wildman–Crippen LogP) is 6.20. The molecule has 0 radical (unpaired) electrons. The van der Waals surface area contributed by atoms with E-state index < -0.39 is 17.7 Å². The van der Waals surface area contributed by atoms with Crippen molar-refractivity contribution in [1.82, 2.24) is 20.2 Å². The van der Waals surface area contributed by atoms with E-state index in [1.165, 1.54) is 0 Å². The SMILES string of the molecule is Cc1cc(C#N)cc(C)c1Oc1nc(Nc2ccc(C#N)cc2)nc2c1CN(C(=O)[C@H](CC(C)C)NC(=O)OC(C)(C)C)CC2. The first-order chi connectivity index (χ1) is 21.3. The number of ether oxygens (including phenoxy) is 2. The summed E-state index contributed by atoms with van der Waals surface area (Å²) in [6.45, 7) is 13.6. The summed E-state index contributed by atoms with van der Waals surface area (Å²) < 4.78 is 11.9. The van der Waals surface area contributed by atoms with Crippen LogP contribution in [0.2, 0.25) is 0 Å². The quantitative estimate of drug-likeness (QED) is 0.304. The molecule has 2 amide bonds. The molecule has 45 heavy (non-hydrogen) atoms. The third kappa shape index (κ3) is 8.48. The number of carbonyl (C=O) groups excluding carboxylic acids is 2. The molecular weight excluding hydrogens is 570 g/mol. The minimum Gasteiger partial charge on any atom is -0.444 e. The highest BCUT2D eigenvalue weighted by atomic mass is 16.6. The van der Waals surface area contributed by atoms with Gasteiger partial charge in [0.05, 0.1) is 41.1 Å². The Balaban J connectivity index is 1.68. The van der Waals surface area contributed by atoms with E-state index in [1.54, 1.807) is 62.1 Å². The van der Waals surface area contributed by atoms with Gasteiger partial charge < -0.3 is 25.0 Å². The van der Waals surface area contributed by atoms with Crippen LogP contribution in [0.1, 0.15) is 74.6 Å². The fraction of sp³-hybridized carbons (Fsp3) is 0.412. The van der Waals surface area contributed by atoms with Gasteiger partial charge >= 0.3 is 6.09 Å². The van der Waals surface area contributed by atoms with E-state index in [1.807, 2.05) is 27.7 Å². The number of alkyl carbamates (subject to hydrolysis) is 1. The first kappa shape index (κ1) is 32.7. The van der Waals surface area contributed by atoms with Gasteiger partial charge in [-0.15, -0.1) is 0 Å².